The quantitative estimate of drug-likeness (QED) is 0.905. The Morgan fingerprint density at radius 3 is 2.52 bits per heavy atom. The first-order valence-corrected chi connectivity index (χ1v) is 8.74. The van der Waals surface area contributed by atoms with Gasteiger partial charge in [-0.05, 0) is 38.8 Å². The van der Waals surface area contributed by atoms with Crippen LogP contribution in [0, 0.1) is 0 Å². The molecule has 1 aliphatic rings. The summed E-state index contributed by atoms with van der Waals surface area (Å²) in [5, 5.41) is 9.35. The second kappa shape index (κ2) is 7.87. The number of ether oxygens (including phenoxy) is 1. The first-order valence-electron chi connectivity index (χ1n) is 8.74. The van der Waals surface area contributed by atoms with Crippen LogP contribution in [-0.2, 0) is 11.3 Å². The van der Waals surface area contributed by atoms with Crippen LogP contribution in [0.25, 0.3) is 0 Å². The molecule has 138 valence electrons. The molecular weight excluding hydrogens is 320 g/mol. The van der Waals surface area contributed by atoms with Gasteiger partial charge in [0.05, 0.1) is 5.56 Å². The molecule has 0 unspecified atom stereocenters. The maximum Gasteiger partial charge on any atom is 0.410 e. The predicted molar refractivity (Wildman–Crippen MR) is 95.7 cm³/mol. The van der Waals surface area contributed by atoms with E-state index in [0.29, 0.717) is 31.7 Å². The van der Waals surface area contributed by atoms with E-state index in [2.05, 4.69) is 11.8 Å². The zero-order valence-corrected chi connectivity index (χ0v) is 15.5. The minimum atomic E-state index is -0.906. The van der Waals surface area contributed by atoms with Crippen LogP contribution in [0.4, 0.5) is 4.79 Å². The Labute approximate surface area is 149 Å². The molecule has 1 amide bonds. The van der Waals surface area contributed by atoms with E-state index in [-0.39, 0.29) is 12.1 Å². The van der Waals surface area contributed by atoms with Crippen LogP contribution < -0.4 is 0 Å². The number of aromatic carboxylic acids is 1. The normalized spacial score (nSPS) is 18.9. The molecule has 1 atom stereocenters. The Morgan fingerprint density at radius 2 is 1.92 bits per heavy atom. The van der Waals surface area contributed by atoms with Crippen LogP contribution in [0.1, 0.15) is 50.0 Å². The fourth-order valence-electron chi connectivity index (χ4n) is 3.07. The monoisotopic (exact) mass is 348 g/mol. The molecular formula is C19H28N2O4. The van der Waals surface area contributed by atoms with Gasteiger partial charge in [0.25, 0.3) is 0 Å². The molecule has 0 spiro atoms. The molecule has 0 radical (unpaired) electrons. The lowest BCUT2D eigenvalue weighted by molar-refractivity contribution is 0.00191. The maximum atomic E-state index is 12.3. The molecule has 6 heteroatoms. The number of nitrogens with zero attached hydrogens (tertiary/aromatic N) is 2. The lowest BCUT2D eigenvalue weighted by Gasteiger charge is -2.41. The van der Waals surface area contributed by atoms with Crippen LogP contribution in [-0.4, -0.2) is 58.2 Å². The second-order valence-electron chi connectivity index (χ2n) is 7.42. The minimum Gasteiger partial charge on any atom is -0.478 e. The highest BCUT2D eigenvalue weighted by molar-refractivity contribution is 5.89. The zero-order chi connectivity index (χ0) is 18.6. The molecule has 2 rings (SSSR count). The third-order valence-electron chi connectivity index (χ3n) is 4.35. The SMILES string of the molecule is CC[C@H]1CN(C(=O)OC(C)(C)C)CCN1Cc1ccccc1C(=O)O. The number of hydrogen-bond acceptors (Lipinski definition) is 4. The van der Waals surface area contributed by atoms with Gasteiger partial charge >= 0.3 is 12.1 Å². The number of rotatable bonds is 4. The number of carboxylic acid groups (broad SMARTS) is 1. The average Bonchev–Trinajstić information content (AvgIpc) is 2.53. The van der Waals surface area contributed by atoms with Gasteiger partial charge in [-0.3, -0.25) is 4.90 Å². The number of amides is 1. The van der Waals surface area contributed by atoms with Crippen molar-refractivity contribution in [3.63, 3.8) is 0 Å². The van der Waals surface area contributed by atoms with Crippen molar-refractivity contribution in [2.24, 2.45) is 0 Å². The Balaban J connectivity index is 2.06. The Morgan fingerprint density at radius 1 is 1.24 bits per heavy atom. The van der Waals surface area contributed by atoms with Crippen molar-refractivity contribution >= 4 is 12.1 Å². The van der Waals surface area contributed by atoms with Gasteiger partial charge in [0.2, 0.25) is 0 Å². The number of piperazine rings is 1. The van der Waals surface area contributed by atoms with Gasteiger partial charge in [0, 0.05) is 32.2 Å². The van der Waals surface area contributed by atoms with Crippen LogP contribution in [0.2, 0.25) is 0 Å². The number of carbonyl (C=O) groups is 2. The Bertz CT molecular complexity index is 624. The fraction of sp³-hybridized carbons (Fsp3) is 0.579. The van der Waals surface area contributed by atoms with Gasteiger partial charge in [0.15, 0.2) is 0 Å². The molecule has 1 aromatic rings. The van der Waals surface area contributed by atoms with E-state index in [9.17, 15) is 14.7 Å². The van der Waals surface area contributed by atoms with Crippen molar-refractivity contribution in [2.45, 2.75) is 52.3 Å². The first-order chi connectivity index (χ1) is 11.7. The molecule has 0 aliphatic carbocycles. The summed E-state index contributed by atoms with van der Waals surface area (Å²) in [5.74, 6) is -0.906. The van der Waals surface area contributed by atoms with Gasteiger partial charge in [-0.1, -0.05) is 25.1 Å². The van der Waals surface area contributed by atoms with Gasteiger partial charge in [-0.25, -0.2) is 9.59 Å². The molecule has 1 heterocycles. The summed E-state index contributed by atoms with van der Waals surface area (Å²) in [6.07, 6.45) is 0.602. The smallest absolute Gasteiger partial charge is 0.410 e. The molecule has 1 fully saturated rings. The number of carbonyl (C=O) groups excluding carboxylic acids is 1. The van der Waals surface area contributed by atoms with Crippen molar-refractivity contribution in [3.05, 3.63) is 35.4 Å². The molecule has 0 saturated carbocycles. The van der Waals surface area contributed by atoms with Crippen LogP contribution >= 0.6 is 0 Å². The topological polar surface area (TPSA) is 70.1 Å². The van der Waals surface area contributed by atoms with Crippen molar-refractivity contribution in [1.29, 1.82) is 0 Å². The largest absolute Gasteiger partial charge is 0.478 e. The highest BCUT2D eigenvalue weighted by Crippen LogP contribution is 2.20. The summed E-state index contributed by atoms with van der Waals surface area (Å²) in [4.78, 5) is 27.7. The zero-order valence-electron chi connectivity index (χ0n) is 15.5. The predicted octanol–water partition coefficient (Wildman–Crippen LogP) is 3.22. The van der Waals surface area contributed by atoms with Gasteiger partial charge in [-0.15, -0.1) is 0 Å². The molecule has 1 aliphatic heterocycles. The van der Waals surface area contributed by atoms with Crippen molar-refractivity contribution in [3.8, 4) is 0 Å². The molecule has 0 aromatic heterocycles. The first kappa shape index (κ1) is 19.2. The lowest BCUT2D eigenvalue weighted by atomic mass is 10.0. The highest BCUT2D eigenvalue weighted by Gasteiger charge is 2.31. The third kappa shape index (κ3) is 5.19. The molecule has 25 heavy (non-hydrogen) atoms. The van der Waals surface area contributed by atoms with E-state index in [1.807, 2.05) is 32.9 Å². The molecule has 0 bridgehead atoms. The van der Waals surface area contributed by atoms with E-state index in [0.717, 1.165) is 12.0 Å². The van der Waals surface area contributed by atoms with E-state index < -0.39 is 11.6 Å². The molecule has 1 saturated heterocycles. The fourth-order valence-corrected chi connectivity index (χ4v) is 3.07. The highest BCUT2D eigenvalue weighted by atomic mass is 16.6. The summed E-state index contributed by atoms with van der Waals surface area (Å²) < 4.78 is 5.46. The van der Waals surface area contributed by atoms with Gasteiger partial charge < -0.3 is 14.7 Å². The molecule has 1 aromatic carbocycles. The minimum absolute atomic E-state index is 0.183. The van der Waals surface area contributed by atoms with Crippen molar-refractivity contribution in [1.82, 2.24) is 9.80 Å². The summed E-state index contributed by atoms with van der Waals surface area (Å²) in [7, 11) is 0. The summed E-state index contributed by atoms with van der Waals surface area (Å²) in [6, 6.07) is 7.28. The van der Waals surface area contributed by atoms with E-state index in [1.165, 1.54) is 0 Å². The Kier molecular flexibility index (Phi) is 6.06. The standard InChI is InChI=1S/C19H28N2O4/c1-5-15-13-21(18(24)25-19(2,3)4)11-10-20(15)12-14-8-6-7-9-16(14)17(22)23/h6-9,15H,5,10-13H2,1-4H3,(H,22,23)/t15-/m0/s1. The number of benzene rings is 1. The third-order valence-corrected chi connectivity index (χ3v) is 4.35. The van der Waals surface area contributed by atoms with E-state index >= 15 is 0 Å². The van der Waals surface area contributed by atoms with Gasteiger partial charge in [0.1, 0.15) is 5.60 Å². The lowest BCUT2D eigenvalue weighted by Crippen LogP contribution is -2.54. The summed E-state index contributed by atoms with van der Waals surface area (Å²) >= 11 is 0. The van der Waals surface area contributed by atoms with Crippen LogP contribution in [0.3, 0.4) is 0 Å². The van der Waals surface area contributed by atoms with E-state index in [4.69, 9.17) is 4.74 Å². The molecule has 1 N–H and O–H groups in total. The van der Waals surface area contributed by atoms with Crippen molar-refractivity contribution < 1.29 is 19.4 Å². The van der Waals surface area contributed by atoms with Gasteiger partial charge in [-0.2, -0.15) is 0 Å². The van der Waals surface area contributed by atoms with Crippen LogP contribution in [0.15, 0.2) is 24.3 Å². The summed E-state index contributed by atoms with van der Waals surface area (Å²) in [5.41, 5.74) is 0.641. The summed E-state index contributed by atoms with van der Waals surface area (Å²) in [6.45, 7) is 10.1. The van der Waals surface area contributed by atoms with E-state index in [1.54, 1.807) is 17.0 Å². The van der Waals surface area contributed by atoms with Crippen molar-refractivity contribution in [2.75, 3.05) is 19.6 Å². The number of carboxylic acids is 1. The second-order valence-corrected chi connectivity index (χ2v) is 7.42. The average molecular weight is 348 g/mol. The molecule has 6 nitrogen and oxygen atoms in total. The maximum absolute atomic E-state index is 12.3. The van der Waals surface area contributed by atoms with Crippen LogP contribution in [0.5, 0.6) is 0 Å². The Hall–Kier alpha value is -2.08. The number of hydrogen-bond donors (Lipinski definition) is 1.